The monoisotopic (exact) mass is 405 g/mol. The molecule has 1 saturated carbocycles. The number of pyridine rings is 1. The minimum atomic E-state index is -0.0677. The van der Waals surface area contributed by atoms with Gasteiger partial charge >= 0.3 is 0 Å². The molecule has 1 amide bonds. The Labute approximate surface area is 179 Å². The van der Waals surface area contributed by atoms with E-state index in [2.05, 4.69) is 40.2 Å². The van der Waals surface area contributed by atoms with Crippen LogP contribution in [0.3, 0.4) is 0 Å². The van der Waals surface area contributed by atoms with Gasteiger partial charge in [0.15, 0.2) is 0 Å². The molecule has 158 valence electrons. The number of hydrogen-bond donors (Lipinski definition) is 0. The van der Waals surface area contributed by atoms with Gasteiger partial charge in [0.1, 0.15) is 0 Å². The van der Waals surface area contributed by atoms with E-state index < -0.39 is 0 Å². The molecular formula is C25H31N3O2. The predicted octanol–water partition coefficient (Wildman–Crippen LogP) is 3.90. The van der Waals surface area contributed by atoms with Gasteiger partial charge in [-0.25, -0.2) is 0 Å². The molecule has 5 nitrogen and oxygen atoms in total. The summed E-state index contributed by atoms with van der Waals surface area (Å²) in [6.07, 6.45) is 10.1. The van der Waals surface area contributed by atoms with Crippen LogP contribution in [0.4, 0.5) is 0 Å². The summed E-state index contributed by atoms with van der Waals surface area (Å²) in [5.41, 5.74) is 2.07. The molecule has 0 N–H and O–H groups in total. The van der Waals surface area contributed by atoms with Gasteiger partial charge in [0, 0.05) is 56.3 Å². The molecule has 1 aromatic carbocycles. The van der Waals surface area contributed by atoms with E-state index in [4.69, 9.17) is 4.74 Å². The lowest BCUT2D eigenvalue weighted by Gasteiger charge is -2.48. The first-order valence-electron chi connectivity index (χ1n) is 11.4. The molecule has 5 heteroatoms. The standard InChI is InChI=1S/C25H31N3O2/c29-24(21-8-13-26-14-9-21)27-15-11-25(12-16-27)18-23(10-17-30-25)28(22-6-7-22)19-20-4-2-1-3-5-20/h1-5,8-9,13-14,22-23H,6-7,10-12,15-19H2. The maximum absolute atomic E-state index is 12.8. The lowest BCUT2D eigenvalue weighted by Crippen LogP contribution is -2.54. The number of aromatic nitrogens is 1. The third-order valence-electron chi connectivity index (χ3n) is 7.05. The summed E-state index contributed by atoms with van der Waals surface area (Å²) < 4.78 is 6.40. The zero-order chi connectivity index (χ0) is 20.4. The van der Waals surface area contributed by atoms with Crippen molar-refractivity contribution in [3.8, 4) is 0 Å². The second-order valence-electron chi connectivity index (χ2n) is 9.10. The zero-order valence-electron chi connectivity index (χ0n) is 17.6. The van der Waals surface area contributed by atoms with E-state index in [1.54, 1.807) is 24.5 Å². The van der Waals surface area contributed by atoms with Crippen molar-refractivity contribution in [3.05, 3.63) is 66.0 Å². The van der Waals surface area contributed by atoms with Crippen LogP contribution < -0.4 is 0 Å². The van der Waals surface area contributed by atoms with Crippen molar-refractivity contribution in [3.63, 3.8) is 0 Å². The summed E-state index contributed by atoms with van der Waals surface area (Å²) >= 11 is 0. The Morgan fingerprint density at radius 1 is 1.03 bits per heavy atom. The van der Waals surface area contributed by atoms with Crippen molar-refractivity contribution in [2.24, 2.45) is 0 Å². The van der Waals surface area contributed by atoms with Gasteiger partial charge < -0.3 is 9.64 Å². The first kappa shape index (κ1) is 19.7. The molecule has 1 atom stereocenters. The lowest BCUT2D eigenvalue weighted by atomic mass is 9.81. The predicted molar refractivity (Wildman–Crippen MR) is 116 cm³/mol. The molecule has 1 unspecified atom stereocenters. The van der Waals surface area contributed by atoms with Gasteiger partial charge in [0.05, 0.1) is 5.60 Å². The third kappa shape index (κ3) is 4.28. The molecule has 0 bridgehead atoms. The van der Waals surface area contributed by atoms with E-state index in [9.17, 15) is 4.79 Å². The van der Waals surface area contributed by atoms with E-state index >= 15 is 0 Å². The van der Waals surface area contributed by atoms with E-state index in [0.717, 1.165) is 63.5 Å². The largest absolute Gasteiger partial charge is 0.375 e. The Bertz CT molecular complexity index is 845. The first-order chi connectivity index (χ1) is 14.7. The fraction of sp³-hybridized carbons (Fsp3) is 0.520. The van der Waals surface area contributed by atoms with Crippen LogP contribution in [0, 0.1) is 0 Å². The molecule has 3 heterocycles. The van der Waals surface area contributed by atoms with Crippen LogP contribution in [-0.2, 0) is 11.3 Å². The van der Waals surface area contributed by atoms with Gasteiger partial charge in [-0.05, 0) is 56.2 Å². The number of hydrogen-bond acceptors (Lipinski definition) is 4. The Balaban J connectivity index is 1.23. The summed E-state index contributed by atoms with van der Waals surface area (Å²) in [6.45, 7) is 3.42. The van der Waals surface area contributed by atoms with Gasteiger partial charge in [0.2, 0.25) is 0 Å². The molecule has 0 radical (unpaired) electrons. The molecular weight excluding hydrogens is 374 g/mol. The highest BCUT2D eigenvalue weighted by atomic mass is 16.5. The number of piperidine rings is 1. The topological polar surface area (TPSA) is 45.7 Å². The summed E-state index contributed by atoms with van der Waals surface area (Å²) in [5, 5.41) is 0. The van der Waals surface area contributed by atoms with Crippen molar-refractivity contribution in [1.82, 2.24) is 14.8 Å². The average Bonchev–Trinajstić information content (AvgIpc) is 3.64. The van der Waals surface area contributed by atoms with Crippen molar-refractivity contribution in [2.45, 2.75) is 62.8 Å². The number of benzene rings is 1. The summed E-state index contributed by atoms with van der Waals surface area (Å²) in [5.74, 6) is 0.114. The Morgan fingerprint density at radius 2 is 1.77 bits per heavy atom. The first-order valence-corrected chi connectivity index (χ1v) is 11.4. The van der Waals surface area contributed by atoms with E-state index in [1.165, 1.54) is 18.4 Å². The lowest BCUT2D eigenvalue weighted by molar-refractivity contribution is -0.131. The van der Waals surface area contributed by atoms with Crippen molar-refractivity contribution in [1.29, 1.82) is 0 Å². The van der Waals surface area contributed by atoms with Gasteiger partial charge in [-0.1, -0.05) is 30.3 Å². The van der Waals surface area contributed by atoms with Crippen LogP contribution in [0.2, 0.25) is 0 Å². The summed E-state index contributed by atoms with van der Waals surface area (Å²) in [7, 11) is 0. The fourth-order valence-corrected chi connectivity index (χ4v) is 5.18. The van der Waals surface area contributed by atoms with Gasteiger partial charge in [-0.3, -0.25) is 14.7 Å². The van der Waals surface area contributed by atoms with E-state index in [0.29, 0.717) is 6.04 Å². The molecule has 5 rings (SSSR count). The van der Waals surface area contributed by atoms with Gasteiger partial charge in [-0.15, -0.1) is 0 Å². The Hall–Kier alpha value is -2.24. The Morgan fingerprint density at radius 3 is 2.47 bits per heavy atom. The maximum atomic E-state index is 12.8. The number of nitrogens with zero attached hydrogens (tertiary/aromatic N) is 3. The van der Waals surface area contributed by atoms with Crippen molar-refractivity contribution < 1.29 is 9.53 Å². The number of amides is 1. The Kier molecular flexibility index (Phi) is 5.57. The third-order valence-corrected chi connectivity index (χ3v) is 7.05. The molecule has 2 aliphatic heterocycles. The highest BCUT2D eigenvalue weighted by Gasteiger charge is 2.45. The SMILES string of the molecule is O=C(c1ccncc1)N1CCC2(CC1)CC(N(Cc1ccccc1)C1CC1)CCO2. The molecule has 1 spiro atoms. The quantitative estimate of drug-likeness (QED) is 0.757. The molecule has 3 aliphatic rings. The number of rotatable bonds is 5. The highest BCUT2D eigenvalue weighted by Crippen LogP contribution is 2.40. The van der Waals surface area contributed by atoms with Gasteiger partial charge in [-0.2, -0.15) is 0 Å². The molecule has 30 heavy (non-hydrogen) atoms. The average molecular weight is 406 g/mol. The number of ether oxygens (including phenoxy) is 1. The smallest absolute Gasteiger partial charge is 0.253 e. The van der Waals surface area contributed by atoms with Crippen LogP contribution in [0.1, 0.15) is 54.4 Å². The fourth-order valence-electron chi connectivity index (χ4n) is 5.18. The highest BCUT2D eigenvalue weighted by molar-refractivity contribution is 5.94. The van der Waals surface area contributed by atoms with Crippen LogP contribution in [0.25, 0.3) is 0 Å². The van der Waals surface area contributed by atoms with E-state index in [-0.39, 0.29) is 11.5 Å². The molecule has 1 aromatic heterocycles. The minimum Gasteiger partial charge on any atom is -0.375 e. The van der Waals surface area contributed by atoms with Gasteiger partial charge in [0.25, 0.3) is 5.91 Å². The molecule has 3 fully saturated rings. The second kappa shape index (κ2) is 8.48. The van der Waals surface area contributed by atoms with Crippen LogP contribution >= 0.6 is 0 Å². The molecule has 2 saturated heterocycles. The van der Waals surface area contributed by atoms with Crippen LogP contribution in [0.15, 0.2) is 54.9 Å². The summed E-state index contributed by atoms with van der Waals surface area (Å²) in [4.78, 5) is 21.5. The minimum absolute atomic E-state index is 0.0677. The second-order valence-corrected chi connectivity index (χ2v) is 9.10. The normalized spacial score (nSPS) is 23.6. The number of likely N-dealkylation sites (tertiary alicyclic amines) is 1. The van der Waals surface area contributed by atoms with Crippen LogP contribution in [0.5, 0.6) is 0 Å². The number of carbonyl (C=O) groups is 1. The molecule has 1 aliphatic carbocycles. The zero-order valence-corrected chi connectivity index (χ0v) is 17.6. The summed E-state index contributed by atoms with van der Waals surface area (Å²) in [6, 6.07) is 15.8. The van der Waals surface area contributed by atoms with E-state index in [1.807, 2.05) is 4.90 Å². The van der Waals surface area contributed by atoms with Crippen molar-refractivity contribution >= 4 is 5.91 Å². The maximum Gasteiger partial charge on any atom is 0.253 e. The van der Waals surface area contributed by atoms with Crippen LogP contribution in [-0.4, -0.2) is 58.1 Å². The molecule has 2 aromatic rings. The van der Waals surface area contributed by atoms with Crippen molar-refractivity contribution in [2.75, 3.05) is 19.7 Å². The number of carbonyl (C=O) groups excluding carboxylic acids is 1.